The van der Waals surface area contributed by atoms with Crippen molar-refractivity contribution in [3.05, 3.63) is 52.7 Å². The largest absolute Gasteiger partial charge is 0.294 e. The second-order valence-corrected chi connectivity index (χ2v) is 6.97. The van der Waals surface area contributed by atoms with Gasteiger partial charge in [0.05, 0.1) is 4.88 Å². The molecule has 3 rings (SSSR count). The summed E-state index contributed by atoms with van der Waals surface area (Å²) < 4.78 is 0. The first kappa shape index (κ1) is 14.2. The zero-order valence-electron chi connectivity index (χ0n) is 12.1. The molecule has 0 saturated carbocycles. The average molecular weight is 313 g/mol. The number of nitrogens with zero attached hydrogens (tertiary/aromatic N) is 1. The van der Waals surface area contributed by atoms with Gasteiger partial charge < -0.3 is 0 Å². The molecule has 0 unspecified atom stereocenters. The van der Waals surface area contributed by atoms with Gasteiger partial charge in [-0.3, -0.25) is 9.78 Å². The molecule has 0 fully saturated rings. The lowest BCUT2D eigenvalue weighted by atomic mass is 10.0. The third kappa shape index (κ3) is 2.57. The Kier molecular flexibility index (Phi) is 3.74. The first-order chi connectivity index (χ1) is 10.1. The normalized spacial score (nSPS) is 10.8. The summed E-state index contributed by atoms with van der Waals surface area (Å²) >= 11 is 3.39. The van der Waals surface area contributed by atoms with Gasteiger partial charge in [-0.25, -0.2) is 0 Å². The van der Waals surface area contributed by atoms with E-state index in [1.54, 1.807) is 42.0 Å². The number of carbonyl (C=O) groups is 1. The third-order valence-corrected chi connectivity index (χ3v) is 5.96. The van der Waals surface area contributed by atoms with E-state index >= 15 is 0 Å². The first-order valence-electron chi connectivity index (χ1n) is 6.68. The van der Waals surface area contributed by atoms with E-state index in [0.717, 1.165) is 26.4 Å². The molecule has 0 aromatic carbocycles. The SMILES string of the molecule is CC(=O)c1c(-c2cc(C)cs2)sc(-c2ccncc2)c1C. The summed E-state index contributed by atoms with van der Waals surface area (Å²) in [5.74, 6) is 0.130. The van der Waals surface area contributed by atoms with Gasteiger partial charge in [0, 0.05) is 27.7 Å². The predicted molar refractivity (Wildman–Crippen MR) is 90.3 cm³/mol. The molecule has 3 aromatic heterocycles. The van der Waals surface area contributed by atoms with Gasteiger partial charge >= 0.3 is 0 Å². The monoisotopic (exact) mass is 313 g/mol. The molecule has 0 aliphatic heterocycles. The van der Waals surface area contributed by atoms with Crippen molar-refractivity contribution in [2.24, 2.45) is 0 Å². The van der Waals surface area contributed by atoms with Crippen molar-refractivity contribution in [3.63, 3.8) is 0 Å². The Morgan fingerprint density at radius 1 is 1.14 bits per heavy atom. The van der Waals surface area contributed by atoms with Gasteiger partial charge in [-0.1, -0.05) is 0 Å². The lowest BCUT2D eigenvalue weighted by Gasteiger charge is -2.00. The Morgan fingerprint density at radius 2 is 1.86 bits per heavy atom. The van der Waals surface area contributed by atoms with Crippen LogP contribution in [0.2, 0.25) is 0 Å². The van der Waals surface area contributed by atoms with E-state index < -0.39 is 0 Å². The van der Waals surface area contributed by atoms with Crippen LogP contribution in [-0.4, -0.2) is 10.8 Å². The van der Waals surface area contributed by atoms with Gasteiger partial charge in [0.1, 0.15) is 0 Å². The molecule has 2 nitrogen and oxygen atoms in total. The van der Waals surface area contributed by atoms with E-state index in [9.17, 15) is 4.79 Å². The van der Waals surface area contributed by atoms with Crippen molar-refractivity contribution in [3.8, 4) is 20.2 Å². The lowest BCUT2D eigenvalue weighted by molar-refractivity contribution is 0.101. The van der Waals surface area contributed by atoms with Crippen LogP contribution >= 0.6 is 22.7 Å². The molecule has 0 atom stereocenters. The fraction of sp³-hybridized carbons (Fsp3) is 0.176. The summed E-state index contributed by atoms with van der Waals surface area (Å²) in [5.41, 5.74) is 4.28. The van der Waals surface area contributed by atoms with Crippen molar-refractivity contribution in [2.45, 2.75) is 20.8 Å². The summed E-state index contributed by atoms with van der Waals surface area (Å²) in [6.45, 7) is 5.76. The summed E-state index contributed by atoms with van der Waals surface area (Å²) in [7, 11) is 0. The van der Waals surface area contributed by atoms with Crippen molar-refractivity contribution >= 4 is 28.5 Å². The Balaban J connectivity index is 2.23. The minimum atomic E-state index is 0.130. The number of aryl methyl sites for hydroxylation is 1. The highest BCUT2D eigenvalue weighted by Gasteiger charge is 2.21. The molecule has 0 N–H and O–H groups in total. The molecule has 0 aliphatic carbocycles. The molecule has 106 valence electrons. The summed E-state index contributed by atoms with van der Waals surface area (Å²) in [6.07, 6.45) is 3.58. The Morgan fingerprint density at radius 3 is 2.43 bits per heavy atom. The number of rotatable bonds is 3. The van der Waals surface area contributed by atoms with Crippen LogP contribution in [0.25, 0.3) is 20.2 Å². The Hall–Kier alpha value is -1.78. The van der Waals surface area contributed by atoms with Crippen LogP contribution in [-0.2, 0) is 0 Å². The van der Waals surface area contributed by atoms with Gasteiger partial charge in [-0.2, -0.15) is 0 Å². The van der Waals surface area contributed by atoms with Crippen LogP contribution < -0.4 is 0 Å². The van der Waals surface area contributed by atoms with E-state index in [4.69, 9.17) is 0 Å². The van der Waals surface area contributed by atoms with Gasteiger partial charge in [0.2, 0.25) is 0 Å². The number of carbonyl (C=O) groups excluding carboxylic acids is 1. The van der Waals surface area contributed by atoms with E-state index in [1.165, 1.54) is 10.4 Å². The number of pyridine rings is 1. The number of thiophene rings is 2. The average Bonchev–Trinajstić information content (AvgIpc) is 3.03. The van der Waals surface area contributed by atoms with Crippen LogP contribution in [0.5, 0.6) is 0 Å². The van der Waals surface area contributed by atoms with Crippen LogP contribution in [0.3, 0.4) is 0 Å². The first-order valence-corrected chi connectivity index (χ1v) is 8.37. The van der Waals surface area contributed by atoms with E-state index in [0.29, 0.717) is 0 Å². The molecule has 0 aliphatic rings. The van der Waals surface area contributed by atoms with Crippen LogP contribution in [0.1, 0.15) is 28.4 Å². The number of hydrogen-bond acceptors (Lipinski definition) is 4. The van der Waals surface area contributed by atoms with Crippen molar-refractivity contribution < 1.29 is 4.79 Å². The quantitative estimate of drug-likeness (QED) is 0.609. The Labute approximate surface area is 132 Å². The smallest absolute Gasteiger partial charge is 0.161 e. The highest BCUT2D eigenvalue weighted by molar-refractivity contribution is 7.23. The van der Waals surface area contributed by atoms with Crippen molar-refractivity contribution in [1.29, 1.82) is 0 Å². The molecule has 3 aromatic rings. The molecule has 0 spiro atoms. The van der Waals surface area contributed by atoms with Gasteiger partial charge in [-0.05, 0) is 61.0 Å². The maximum Gasteiger partial charge on any atom is 0.161 e. The fourth-order valence-electron chi connectivity index (χ4n) is 2.44. The number of Topliss-reactive ketones (excluding diaryl/α,β-unsaturated/α-hetero) is 1. The minimum Gasteiger partial charge on any atom is -0.294 e. The summed E-state index contributed by atoms with van der Waals surface area (Å²) in [4.78, 5) is 19.6. The number of ketones is 1. The van der Waals surface area contributed by atoms with Crippen LogP contribution in [0.15, 0.2) is 36.0 Å². The van der Waals surface area contributed by atoms with Gasteiger partial charge in [-0.15, -0.1) is 22.7 Å². The molecular weight excluding hydrogens is 298 g/mol. The van der Waals surface area contributed by atoms with Crippen LogP contribution in [0.4, 0.5) is 0 Å². The summed E-state index contributed by atoms with van der Waals surface area (Å²) in [6, 6.07) is 6.14. The second-order valence-electron chi connectivity index (χ2n) is 5.04. The standard InChI is InChI=1S/C17H15NOS2/c1-10-8-14(20-9-10)17-15(12(3)19)11(2)16(21-17)13-4-6-18-7-5-13/h4-9H,1-3H3. The van der Waals surface area contributed by atoms with Crippen LogP contribution in [0, 0.1) is 13.8 Å². The van der Waals surface area contributed by atoms with E-state index in [1.807, 2.05) is 19.1 Å². The molecule has 4 heteroatoms. The number of hydrogen-bond donors (Lipinski definition) is 0. The van der Waals surface area contributed by atoms with E-state index in [-0.39, 0.29) is 5.78 Å². The van der Waals surface area contributed by atoms with Crippen molar-refractivity contribution in [2.75, 3.05) is 0 Å². The molecular formula is C17H15NOS2. The Bertz CT molecular complexity index is 800. The zero-order valence-corrected chi connectivity index (χ0v) is 13.8. The highest BCUT2D eigenvalue weighted by Crippen LogP contribution is 2.43. The second kappa shape index (κ2) is 5.54. The maximum absolute atomic E-state index is 12.1. The highest BCUT2D eigenvalue weighted by atomic mass is 32.1. The number of aromatic nitrogens is 1. The zero-order chi connectivity index (χ0) is 15.0. The molecule has 0 bridgehead atoms. The molecule has 0 amide bonds. The predicted octanol–water partition coefficient (Wildman–Crippen LogP) is 5.36. The summed E-state index contributed by atoms with van der Waals surface area (Å²) in [5, 5.41) is 2.13. The molecule has 0 radical (unpaired) electrons. The van der Waals surface area contributed by atoms with Crippen molar-refractivity contribution in [1.82, 2.24) is 4.98 Å². The van der Waals surface area contributed by atoms with Gasteiger partial charge in [0.15, 0.2) is 5.78 Å². The molecule has 21 heavy (non-hydrogen) atoms. The fourth-order valence-corrected chi connectivity index (χ4v) is 4.82. The maximum atomic E-state index is 12.1. The van der Waals surface area contributed by atoms with E-state index in [2.05, 4.69) is 23.4 Å². The molecule has 3 heterocycles. The van der Waals surface area contributed by atoms with Gasteiger partial charge in [0.25, 0.3) is 0 Å². The topological polar surface area (TPSA) is 30.0 Å². The molecule has 0 saturated heterocycles. The minimum absolute atomic E-state index is 0.130. The third-order valence-electron chi connectivity index (χ3n) is 3.40. The lowest BCUT2D eigenvalue weighted by Crippen LogP contribution is -1.94.